The molecule has 0 aromatic carbocycles. The predicted molar refractivity (Wildman–Crippen MR) is 73.8 cm³/mol. The Morgan fingerprint density at radius 3 is 2.00 bits per heavy atom. The molecule has 98 valence electrons. The van der Waals surface area contributed by atoms with Crippen LogP contribution >= 0.6 is 0 Å². The summed E-state index contributed by atoms with van der Waals surface area (Å²) in [4.78, 5) is 2.49. The Labute approximate surface area is 103 Å². The fraction of sp³-hybridized carbons (Fsp3) is 1.00. The maximum Gasteiger partial charge on any atom is 0.0220 e. The van der Waals surface area contributed by atoms with Gasteiger partial charge < -0.3 is 10.2 Å². The van der Waals surface area contributed by atoms with E-state index in [1.165, 1.54) is 6.42 Å². The van der Waals surface area contributed by atoms with E-state index in [2.05, 4.69) is 58.8 Å². The van der Waals surface area contributed by atoms with E-state index >= 15 is 0 Å². The Kier molecular flexibility index (Phi) is 8.04. The molecule has 0 saturated carbocycles. The fourth-order valence-corrected chi connectivity index (χ4v) is 1.98. The molecule has 2 nitrogen and oxygen atoms in total. The number of rotatable bonds is 8. The van der Waals surface area contributed by atoms with Crippen molar-refractivity contribution in [2.24, 2.45) is 11.8 Å². The van der Waals surface area contributed by atoms with Crippen LogP contribution in [0.4, 0.5) is 0 Å². The largest absolute Gasteiger partial charge is 0.313 e. The third kappa shape index (κ3) is 5.31. The Bertz CT molecular complexity index is 168. The monoisotopic (exact) mass is 228 g/mol. The highest BCUT2D eigenvalue weighted by Crippen LogP contribution is 2.13. The molecular formula is C14H32N2. The van der Waals surface area contributed by atoms with E-state index in [9.17, 15) is 0 Å². The van der Waals surface area contributed by atoms with Crippen LogP contribution in [0.5, 0.6) is 0 Å². The topological polar surface area (TPSA) is 15.3 Å². The summed E-state index contributed by atoms with van der Waals surface area (Å²) in [6.07, 6.45) is 1.25. The van der Waals surface area contributed by atoms with Crippen molar-refractivity contribution in [3.05, 3.63) is 0 Å². The summed E-state index contributed by atoms with van der Waals surface area (Å²) in [7, 11) is 2.25. The van der Waals surface area contributed by atoms with Crippen LogP contribution in [0.1, 0.15) is 48.0 Å². The van der Waals surface area contributed by atoms with Gasteiger partial charge in [0.25, 0.3) is 0 Å². The minimum absolute atomic E-state index is 0.626. The maximum absolute atomic E-state index is 3.62. The van der Waals surface area contributed by atoms with Gasteiger partial charge in [0.05, 0.1) is 0 Å². The van der Waals surface area contributed by atoms with Crippen molar-refractivity contribution in [3.63, 3.8) is 0 Å². The average Bonchev–Trinajstić information content (AvgIpc) is 2.25. The molecule has 3 unspecified atom stereocenters. The predicted octanol–water partition coefficient (Wildman–Crippen LogP) is 2.99. The summed E-state index contributed by atoms with van der Waals surface area (Å²) < 4.78 is 0. The Balaban J connectivity index is 4.27. The van der Waals surface area contributed by atoms with Crippen LogP contribution in [0.15, 0.2) is 0 Å². The standard InChI is InChI=1S/C14H32N2/c1-8-12(5)14(15-9-2)10-16(7)13(6)11(3)4/h11-15H,8-10H2,1-7H3. The van der Waals surface area contributed by atoms with Crippen LogP contribution in [-0.4, -0.2) is 37.1 Å². The second kappa shape index (κ2) is 8.08. The SMILES string of the molecule is CCNC(CN(C)C(C)C(C)C)C(C)CC. The Hall–Kier alpha value is -0.0800. The van der Waals surface area contributed by atoms with Crippen molar-refractivity contribution in [3.8, 4) is 0 Å². The molecule has 0 aromatic heterocycles. The van der Waals surface area contributed by atoms with Gasteiger partial charge in [0.2, 0.25) is 0 Å². The number of hydrogen-bond donors (Lipinski definition) is 1. The van der Waals surface area contributed by atoms with Gasteiger partial charge in [-0.05, 0) is 32.4 Å². The summed E-state index contributed by atoms with van der Waals surface area (Å²) >= 11 is 0. The quantitative estimate of drug-likeness (QED) is 0.687. The fourth-order valence-electron chi connectivity index (χ4n) is 1.98. The average molecular weight is 228 g/mol. The second-order valence-corrected chi connectivity index (χ2v) is 5.47. The molecule has 0 aliphatic rings. The van der Waals surface area contributed by atoms with Crippen LogP contribution in [0.2, 0.25) is 0 Å². The zero-order valence-corrected chi connectivity index (χ0v) is 12.4. The molecule has 16 heavy (non-hydrogen) atoms. The van der Waals surface area contributed by atoms with E-state index in [-0.39, 0.29) is 0 Å². The highest BCUT2D eigenvalue weighted by molar-refractivity contribution is 4.78. The first kappa shape index (κ1) is 15.9. The van der Waals surface area contributed by atoms with Crippen molar-refractivity contribution in [1.29, 1.82) is 0 Å². The van der Waals surface area contributed by atoms with Crippen LogP contribution in [-0.2, 0) is 0 Å². The van der Waals surface area contributed by atoms with Crippen LogP contribution in [0.3, 0.4) is 0 Å². The lowest BCUT2D eigenvalue weighted by molar-refractivity contribution is 0.169. The van der Waals surface area contributed by atoms with Gasteiger partial charge in [-0.25, -0.2) is 0 Å². The first-order valence-electron chi connectivity index (χ1n) is 6.87. The molecule has 0 bridgehead atoms. The Morgan fingerprint density at radius 2 is 1.62 bits per heavy atom. The van der Waals surface area contributed by atoms with Gasteiger partial charge in [0.1, 0.15) is 0 Å². The van der Waals surface area contributed by atoms with Gasteiger partial charge in [-0.3, -0.25) is 0 Å². The lowest BCUT2D eigenvalue weighted by Gasteiger charge is -2.34. The molecule has 0 rings (SSSR count). The third-order valence-corrected chi connectivity index (χ3v) is 3.94. The molecule has 1 N–H and O–H groups in total. The van der Waals surface area contributed by atoms with Gasteiger partial charge in [-0.1, -0.05) is 41.0 Å². The van der Waals surface area contributed by atoms with E-state index in [4.69, 9.17) is 0 Å². The molecule has 0 aliphatic heterocycles. The molecule has 3 atom stereocenters. The summed E-state index contributed by atoms with van der Waals surface area (Å²) in [5.74, 6) is 1.48. The molecule has 0 fully saturated rings. The number of nitrogens with one attached hydrogen (secondary N) is 1. The van der Waals surface area contributed by atoms with Crippen LogP contribution in [0, 0.1) is 11.8 Å². The van der Waals surface area contributed by atoms with Crippen molar-refractivity contribution in [2.45, 2.75) is 60.0 Å². The molecule has 0 aromatic rings. The zero-order valence-electron chi connectivity index (χ0n) is 12.4. The second-order valence-electron chi connectivity index (χ2n) is 5.47. The lowest BCUT2D eigenvalue weighted by Crippen LogP contribution is -2.47. The van der Waals surface area contributed by atoms with Crippen LogP contribution in [0.25, 0.3) is 0 Å². The van der Waals surface area contributed by atoms with Gasteiger partial charge in [0, 0.05) is 18.6 Å². The minimum atomic E-state index is 0.626. The molecule has 0 amide bonds. The molecular weight excluding hydrogens is 196 g/mol. The van der Waals surface area contributed by atoms with Crippen molar-refractivity contribution in [1.82, 2.24) is 10.2 Å². The normalized spacial score (nSPS) is 17.8. The van der Waals surface area contributed by atoms with E-state index in [0.29, 0.717) is 12.1 Å². The lowest BCUT2D eigenvalue weighted by atomic mass is 9.97. The van der Waals surface area contributed by atoms with E-state index in [1.807, 2.05) is 0 Å². The van der Waals surface area contributed by atoms with E-state index in [1.54, 1.807) is 0 Å². The maximum atomic E-state index is 3.62. The minimum Gasteiger partial charge on any atom is -0.313 e. The van der Waals surface area contributed by atoms with Gasteiger partial charge in [-0.15, -0.1) is 0 Å². The van der Waals surface area contributed by atoms with Crippen molar-refractivity contribution in [2.75, 3.05) is 20.1 Å². The molecule has 0 heterocycles. The van der Waals surface area contributed by atoms with Crippen LogP contribution < -0.4 is 5.32 Å². The summed E-state index contributed by atoms with van der Waals surface area (Å²) in [6.45, 7) is 16.0. The number of likely N-dealkylation sites (N-methyl/N-ethyl adjacent to an activating group) is 2. The summed E-state index contributed by atoms with van der Waals surface area (Å²) in [5, 5.41) is 3.62. The van der Waals surface area contributed by atoms with Gasteiger partial charge in [-0.2, -0.15) is 0 Å². The first-order valence-corrected chi connectivity index (χ1v) is 6.87. The van der Waals surface area contributed by atoms with E-state index in [0.717, 1.165) is 24.9 Å². The van der Waals surface area contributed by atoms with E-state index < -0.39 is 0 Å². The van der Waals surface area contributed by atoms with Gasteiger partial charge >= 0.3 is 0 Å². The molecule has 0 aliphatic carbocycles. The first-order chi connectivity index (χ1) is 7.43. The zero-order chi connectivity index (χ0) is 12.7. The highest BCUT2D eigenvalue weighted by Gasteiger charge is 2.20. The number of hydrogen-bond acceptors (Lipinski definition) is 2. The van der Waals surface area contributed by atoms with Crippen molar-refractivity contribution >= 4 is 0 Å². The smallest absolute Gasteiger partial charge is 0.0220 e. The molecule has 0 saturated heterocycles. The molecule has 0 spiro atoms. The summed E-state index contributed by atoms with van der Waals surface area (Å²) in [6, 6.07) is 1.28. The molecule has 2 heteroatoms. The van der Waals surface area contributed by atoms with Crippen molar-refractivity contribution < 1.29 is 0 Å². The molecule has 0 radical (unpaired) electrons. The highest BCUT2D eigenvalue weighted by atomic mass is 15.2. The Morgan fingerprint density at radius 1 is 1.06 bits per heavy atom. The summed E-state index contributed by atoms with van der Waals surface area (Å²) in [5.41, 5.74) is 0. The third-order valence-electron chi connectivity index (χ3n) is 3.94. The van der Waals surface area contributed by atoms with Gasteiger partial charge in [0.15, 0.2) is 0 Å². The number of nitrogens with zero attached hydrogens (tertiary/aromatic N) is 1.